The molecule has 0 radical (unpaired) electrons. The average Bonchev–Trinajstić information content (AvgIpc) is 3.38. The molecule has 0 saturated carbocycles. The number of ether oxygens (including phenoxy) is 6. The SMILES string of the molecule is COc1ccc(C(=O)N(Cc2ccc(OC)c(OCC3(C)COC3)c2)C[C@H]2CCCO2)c(OC)c1. The zero-order valence-electron chi connectivity index (χ0n) is 21.0. The van der Waals surface area contributed by atoms with Crippen molar-refractivity contribution in [2.45, 2.75) is 32.4 Å². The highest BCUT2D eigenvalue weighted by Crippen LogP contribution is 2.33. The van der Waals surface area contributed by atoms with E-state index in [2.05, 4.69) is 6.92 Å². The lowest BCUT2D eigenvalue weighted by molar-refractivity contribution is -0.120. The van der Waals surface area contributed by atoms with Gasteiger partial charge < -0.3 is 33.3 Å². The number of benzene rings is 2. The molecule has 2 saturated heterocycles. The molecule has 0 aliphatic carbocycles. The number of nitrogens with zero attached hydrogens (tertiary/aromatic N) is 1. The zero-order valence-corrected chi connectivity index (χ0v) is 21.0. The molecule has 8 heteroatoms. The van der Waals surface area contributed by atoms with Gasteiger partial charge in [-0.15, -0.1) is 0 Å². The van der Waals surface area contributed by atoms with E-state index >= 15 is 0 Å². The van der Waals surface area contributed by atoms with Crippen molar-refractivity contribution in [3.05, 3.63) is 47.5 Å². The molecule has 0 unspecified atom stereocenters. The summed E-state index contributed by atoms with van der Waals surface area (Å²) in [7, 11) is 4.76. The van der Waals surface area contributed by atoms with E-state index in [1.54, 1.807) is 39.5 Å². The fourth-order valence-electron chi connectivity index (χ4n) is 4.34. The summed E-state index contributed by atoms with van der Waals surface area (Å²) in [5, 5.41) is 0. The standard InChI is InChI=1S/C27H35NO7/c1-27(16-33-17-27)18-35-25-12-19(7-10-23(25)31-3)14-28(15-21-6-5-11-34-21)26(29)22-9-8-20(30-2)13-24(22)32-4/h7-10,12-13,21H,5-6,11,14-18H2,1-4H3/t21-/m1/s1. The molecule has 1 atom stereocenters. The van der Waals surface area contributed by atoms with Gasteiger partial charge in [0.25, 0.3) is 5.91 Å². The molecule has 2 aliphatic rings. The van der Waals surface area contributed by atoms with Gasteiger partial charge in [0.15, 0.2) is 11.5 Å². The summed E-state index contributed by atoms with van der Waals surface area (Å²) in [4.78, 5) is 15.5. The lowest BCUT2D eigenvalue weighted by Gasteiger charge is -2.37. The normalized spacial score (nSPS) is 18.5. The van der Waals surface area contributed by atoms with E-state index in [4.69, 9.17) is 28.4 Å². The van der Waals surface area contributed by atoms with Gasteiger partial charge in [0.05, 0.1) is 52.8 Å². The second-order valence-corrected chi connectivity index (χ2v) is 9.46. The smallest absolute Gasteiger partial charge is 0.258 e. The first-order valence-electron chi connectivity index (χ1n) is 11.9. The number of amides is 1. The van der Waals surface area contributed by atoms with Crippen LogP contribution in [0.2, 0.25) is 0 Å². The van der Waals surface area contributed by atoms with Gasteiger partial charge in [-0.25, -0.2) is 0 Å². The summed E-state index contributed by atoms with van der Waals surface area (Å²) in [6.45, 7) is 5.65. The van der Waals surface area contributed by atoms with Crippen LogP contribution in [0.1, 0.15) is 35.7 Å². The van der Waals surface area contributed by atoms with E-state index in [-0.39, 0.29) is 17.4 Å². The van der Waals surface area contributed by atoms with Crippen molar-refractivity contribution >= 4 is 5.91 Å². The van der Waals surface area contributed by atoms with E-state index in [1.165, 1.54) is 0 Å². The van der Waals surface area contributed by atoms with Crippen molar-refractivity contribution in [2.24, 2.45) is 5.41 Å². The number of hydrogen-bond donors (Lipinski definition) is 0. The summed E-state index contributed by atoms with van der Waals surface area (Å²) < 4.78 is 33.6. The molecule has 1 amide bonds. The molecule has 0 spiro atoms. The van der Waals surface area contributed by atoms with Gasteiger partial charge in [-0.3, -0.25) is 4.79 Å². The van der Waals surface area contributed by atoms with Gasteiger partial charge in [0.2, 0.25) is 0 Å². The molecule has 35 heavy (non-hydrogen) atoms. The van der Waals surface area contributed by atoms with Crippen molar-refractivity contribution < 1.29 is 33.2 Å². The number of methoxy groups -OCH3 is 3. The third-order valence-electron chi connectivity index (χ3n) is 6.45. The second kappa shape index (κ2) is 11.2. The summed E-state index contributed by atoms with van der Waals surface area (Å²) in [5.74, 6) is 2.29. The molecule has 2 aromatic rings. The predicted octanol–water partition coefficient (Wildman–Crippen LogP) is 3.95. The van der Waals surface area contributed by atoms with E-state index in [0.29, 0.717) is 61.5 Å². The van der Waals surface area contributed by atoms with Crippen molar-refractivity contribution in [3.8, 4) is 23.0 Å². The first-order chi connectivity index (χ1) is 16.9. The van der Waals surface area contributed by atoms with Gasteiger partial charge in [-0.05, 0) is 42.7 Å². The topological polar surface area (TPSA) is 75.7 Å². The monoisotopic (exact) mass is 485 g/mol. The highest BCUT2D eigenvalue weighted by molar-refractivity contribution is 5.97. The molecule has 2 heterocycles. The fraction of sp³-hybridized carbons (Fsp3) is 0.519. The summed E-state index contributed by atoms with van der Waals surface area (Å²) >= 11 is 0. The summed E-state index contributed by atoms with van der Waals surface area (Å²) in [6.07, 6.45) is 1.94. The third-order valence-corrected chi connectivity index (χ3v) is 6.45. The number of carbonyl (C=O) groups excluding carboxylic acids is 1. The number of carbonyl (C=O) groups is 1. The molecule has 2 fully saturated rings. The zero-order chi connectivity index (χ0) is 24.8. The molecule has 2 aliphatic heterocycles. The Bertz CT molecular complexity index is 1010. The molecule has 8 nitrogen and oxygen atoms in total. The lowest BCUT2D eigenvalue weighted by Crippen LogP contribution is -2.44. The van der Waals surface area contributed by atoms with Gasteiger partial charge in [-0.2, -0.15) is 0 Å². The minimum absolute atomic E-state index is 0.00769. The molecular weight excluding hydrogens is 450 g/mol. The maximum Gasteiger partial charge on any atom is 0.258 e. The van der Waals surface area contributed by atoms with Crippen LogP contribution >= 0.6 is 0 Å². The van der Waals surface area contributed by atoms with Crippen molar-refractivity contribution in [1.82, 2.24) is 4.90 Å². The summed E-state index contributed by atoms with van der Waals surface area (Å²) in [6, 6.07) is 11.0. The van der Waals surface area contributed by atoms with Crippen LogP contribution < -0.4 is 18.9 Å². The maximum absolute atomic E-state index is 13.7. The quantitative estimate of drug-likeness (QED) is 0.477. The Balaban J connectivity index is 1.57. The highest BCUT2D eigenvalue weighted by atomic mass is 16.5. The molecule has 4 rings (SSSR count). The Kier molecular flexibility index (Phi) is 8.03. The van der Waals surface area contributed by atoms with Gasteiger partial charge in [-0.1, -0.05) is 13.0 Å². The van der Waals surface area contributed by atoms with Crippen molar-refractivity contribution in [1.29, 1.82) is 0 Å². The Labute approximate surface area is 207 Å². The first kappa shape index (κ1) is 25.1. The van der Waals surface area contributed by atoms with Crippen LogP contribution in [0.5, 0.6) is 23.0 Å². The van der Waals surface area contributed by atoms with Crippen LogP contribution in [0.15, 0.2) is 36.4 Å². The first-order valence-corrected chi connectivity index (χ1v) is 11.9. The van der Waals surface area contributed by atoms with Gasteiger partial charge in [0, 0.05) is 31.2 Å². The van der Waals surface area contributed by atoms with Crippen LogP contribution in [0.3, 0.4) is 0 Å². The maximum atomic E-state index is 13.7. The van der Waals surface area contributed by atoms with Crippen LogP contribution in [-0.2, 0) is 16.0 Å². The molecule has 0 N–H and O–H groups in total. The average molecular weight is 486 g/mol. The van der Waals surface area contributed by atoms with Gasteiger partial charge in [0.1, 0.15) is 11.5 Å². The third kappa shape index (κ3) is 6.00. The van der Waals surface area contributed by atoms with E-state index in [0.717, 1.165) is 25.0 Å². The minimum atomic E-state index is -0.127. The molecular formula is C27H35NO7. The largest absolute Gasteiger partial charge is 0.497 e. The van der Waals surface area contributed by atoms with E-state index in [9.17, 15) is 4.79 Å². The Morgan fingerprint density at radius 3 is 2.46 bits per heavy atom. The number of hydrogen-bond acceptors (Lipinski definition) is 7. The molecule has 190 valence electrons. The Morgan fingerprint density at radius 2 is 1.83 bits per heavy atom. The van der Waals surface area contributed by atoms with Crippen molar-refractivity contribution in [2.75, 3.05) is 54.3 Å². The minimum Gasteiger partial charge on any atom is -0.497 e. The van der Waals surface area contributed by atoms with Crippen molar-refractivity contribution in [3.63, 3.8) is 0 Å². The summed E-state index contributed by atoms with van der Waals surface area (Å²) in [5.41, 5.74) is 1.43. The van der Waals surface area contributed by atoms with Crippen LogP contribution in [0.25, 0.3) is 0 Å². The predicted molar refractivity (Wildman–Crippen MR) is 131 cm³/mol. The molecule has 2 aromatic carbocycles. The Hall–Kier alpha value is -2.97. The Morgan fingerprint density at radius 1 is 1.03 bits per heavy atom. The van der Waals surface area contributed by atoms with Crippen LogP contribution in [0, 0.1) is 5.41 Å². The van der Waals surface area contributed by atoms with Crippen LogP contribution in [0.4, 0.5) is 0 Å². The molecule has 0 bridgehead atoms. The second-order valence-electron chi connectivity index (χ2n) is 9.46. The fourth-order valence-corrected chi connectivity index (χ4v) is 4.34. The van der Waals surface area contributed by atoms with Crippen LogP contribution in [-0.4, -0.2) is 71.2 Å². The molecule has 0 aromatic heterocycles. The van der Waals surface area contributed by atoms with E-state index in [1.807, 2.05) is 23.1 Å². The van der Waals surface area contributed by atoms with Gasteiger partial charge >= 0.3 is 0 Å². The van der Waals surface area contributed by atoms with E-state index < -0.39 is 0 Å². The highest BCUT2D eigenvalue weighted by Gasteiger charge is 2.34. The number of rotatable bonds is 11. The lowest BCUT2D eigenvalue weighted by atomic mass is 9.90.